The van der Waals surface area contributed by atoms with Crippen molar-refractivity contribution in [3.63, 3.8) is 0 Å². The van der Waals surface area contributed by atoms with E-state index in [4.69, 9.17) is 15.2 Å². The number of nitrogen functional groups attached to an aromatic ring is 1. The van der Waals surface area contributed by atoms with E-state index in [1.807, 2.05) is 27.7 Å². The van der Waals surface area contributed by atoms with E-state index in [9.17, 15) is 4.79 Å². The number of ether oxygens (including phenoxy) is 2. The molecule has 1 heterocycles. The molecule has 1 atom stereocenters. The molecule has 0 fully saturated rings. The first-order valence-electron chi connectivity index (χ1n) is 6.82. The zero-order valence-corrected chi connectivity index (χ0v) is 13.3. The largest absolute Gasteiger partial charge is 0.444 e. The van der Waals surface area contributed by atoms with E-state index in [0.717, 1.165) is 5.69 Å². The summed E-state index contributed by atoms with van der Waals surface area (Å²) in [5.41, 5.74) is 6.09. The van der Waals surface area contributed by atoms with Crippen LogP contribution in [0.2, 0.25) is 0 Å². The maximum absolute atomic E-state index is 11.6. The van der Waals surface area contributed by atoms with E-state index in [2.05, 4.69) is 15.3 Å². The van der Waals surface area contributed by atoms with Crippen LogP contribution in [0.15, 0.2) is 6.07 Å². The van der Waals surface area contributed by atoms with E-state index in [1.165, 1.54) is 0 Å². The van der Waals surface area contributed by atoms with Crippen LogP contribution in [-0.2, 0) is 16.1 Å². The summed E-state index contributed by atoms with van der Waals surface area (Å²) in [6, 6.07) is 1.69. The van der Waals surface area contributed by atoms with Crippen LogP contribution in [-0.4, -0.2) is 34.3 Å². The van der Waals surface area contributed by atoms with Gasteiger partial charge in [-0.2, -0.15) is 0 Å². The van der Waals surface area contributed by atoms with Gasteiger partial charge in [0.1, 0.15) is 18.5 Å². The lowest BCUT2D eigenvalue weighted by Crippen LogP contribution is -2.42. The Morgan fingerprint density at radius 3 is 2.67 bits per heavy atom. The van der Waals surface area contributed by atoms with Gasteiger partial charge in [-0.1, -0.05) is 0 Å². The molecule has 0 radical (unpaired) electrons. The molecule has 0 aliphatic heterocycles. The van der Waals surface area contributed by atoms with Crippen LogP contribution in [0.25, 0.3) is 0 Å². The number of amides is 1. The van der Waals surface area contributed by atoms with Gasteiger partial charge >= 0.3 is 6.09 Å². The molecular weight excluding hydrogens is 272 g/mol. The SMILES string of the molecule is Cc1cc(N)nc(COC[C@@H](C)OC(=O)NC(C)(C)C)n1. The van der Waals surface area contributed by atoms with Gasteiger partial charge < -0.3 is 20.5 Å². The normalized spacial score (nSPS) is 12.8. The van der Waals surface area contributed by atoms with Gasteiger partial charge in [0.15, 0.2) is 5.82 Å². The van der Waals surface area contributed by atoms with Crippen molar-refractivity contribution >= 4 is 11.9 Å². The van der Waals surface area contributed by atoms with Crippen LogP contribution in [0.3, 0.4) is 0 Å². The fraction of sp³-hybridized carbons (Fsp3) is 0.643. The van der Waals surface area contributed by atoms with Crippen molar-refractivity contribution in [2.45, 2.75) is 52.9 Å². The van der Waals surface area contributed by atoms with E-state index in [-0.39, 0.29) is 24.9 Å². The number of anilines is 1. The minimum absolute atomic E-state index is 0.223. The number of nitrogens with one attached hydrogen (secondary N) is 1. The molecule has 21 heavy (non-hydrogen) atoms. The number of alkyl carbamates (subject to hydrolysis) is 1. The quantitative estimate of drug-likeness (QED) is 0.859. The smallest absolute Gasteiger partial charge is 0.407 e. The van der Waals surface area contributed by atoms with Gasteiger partial charge in [-0.3, -0.25) is 0 Å². The van der Waals surface area contributed by atoms with Gasteiger partial charge in [0, 0.05) is 17.3 Å². The lowest BCUT2D eigenvalue weighted by molar-refractivity contribution is 0.0178. The molecule has 0 aliphatic carbocycles. The molecule has 0 unspecified atom stereocenters. The number of nitrogens with two attached hydrogens (primary N) is 1. The standard InChI is InChI=1S/C14H24N4O3/c1-9-6-11(15)17-12(16-9)8-20-7-10(2)21-13(19)18-14(3,4)5/h6,10H,7-8H2,1-5H3,(H,18,19)(H2,15,16,17)/t10-/m1/s1. The lowest BCUT2D eigenvalue weighted by Gasteiger charge is -2.22. The van der Waals surface area contributed by atoms with E-state index in [0.29, 0.717) is 11.6 Å². The third-order valence-corrected chi connectivity index (χ3v) is 2.29. The van der Waals surface area contributed by atoms with Crippen LogP contribution in [0.5, 0.6) is 0 Å². The number of rotatable bonds is 5. The molecule has 1 amide bonds. The van der Waals surface area contributed by atoms with Crippen molar-refractivity contribution in [3.8, 4) is 0 Å². The molecule has 0 aromatic carbocycles. The Morgan fingerprint density at radius 1 is 1.43 bits per heavy atom. The Morgan fingerprint density at radius 2 is 2.10 bits per heavy atom. The van der Waals surface area contributed by atoms with Crippen molar-refractivity contribution < 1.29 is 14.3 Å². The summed E-state index contributed by atoms with van der Waals surface area (Å²) >= 11 is 0. The summed E-state index contributed by atoms with van der Waals surface area (Å²) < 4.78 is 10.6. The molecule has 118 valence electrons. The number of carbonyl (C=O) groups is 1. The van der Waals surface area contributed by atoms with Crippen molar-refractivity contribution in [1.82, 2.24) is 15.3 Å². The molecule has 0 aliphatic rings. The first-order chi connectivity index (χ1) is 9.65. The topological polar surface area (TPSA) is 99.4 Å². The highest BCUT2D eigenvalue weighted by atomic mass is 16.6. The van der Waals surface area contributed by atoms with Gasteiger partial charge in [-0.25, -0.2) is 14.8 Å². The molecule has 1 aromatic heterocycles. The van der Waals surface area contributed by atoms with Crippen LogP contribution in [0, 0.1) is 6.92 Å². The summed E-state index contributed by atoms with van der Waals surface area (Å²) in [5.74, 6) is 0.925. The monoisotopic (exact) mass is 296 g/mol. The fourth-order valence-corrected chi connectivity index (χ4v) is 1.59. The van der Waals surface area contributed by atoms with Gasteiger partial charge in [0.05, 0.1) is 6.61 Å². The van der Waals surface area contributed by atoms with Gasteiger partial charge in [-0.05, 0) is 34.6 Å². The van der Waals surface area contributed by atoms with Gasteiger partial charge in [0.2, 0.25) is 0 Å². The zero-order valence-electron chi connectivity index (χ0n) is 13.3. The Kier molecular flexibility index (Phi) is 5.90. The molecule has 1 rings (SSSR count). The van der Waals surface area contributed by atoms with Crippen LogP contribution in [0.1, 0.15) is 39.2 Å². The van der Waals surface area contributed by atoms with E-state index >= 15 is 0 Å². The molecule has 0 saturated heterocycles. The maximum atomic E-state index is 11.6. The van der Waals surface area contributed by atoms with Crippen LogP contribution < -0.4 is 11.1 Å². The molecule has 0 spiro atoms. The number of carbonyl (C=O) groups excluding carboxylic acids is 1. The second-order valence-corrected chi connectivity index (χ2v) is 5.96. The van der Waals surface area contributed by atoms with Crippen LogP contribution >= 0.6 is 0 Å². The Bertz CT molecular complexity index is 465. The second kappa shape index (κ2) is 7.21. The minimum atomic E-state index is -0.463. The molecule has 0 saturated carbocycles. The highest BCUT2D eigenvalue weighted by Gasteiger charge is 2.17. The second-order valence-electron chi connectivity index (χ2n) is 5.96. The number of nitrogens with zero attached hydrogens (tertiary/aromatic N) is 2. The summed E-state index contributed by atoms with van der Waals surface area (Å²) in [6.07, 6.45) is -0.829. The summed E-state index contributed by atoms with van der Waals surface area (Å²) in [7, 11) is 0. The number of hydrogen-bond donors (Lipinski definition) is 2. The predicted octanol–water partition coefficient (Wildman–Crippen LogP) is 1.80. The highest BCUT2D eigenvalue weighted by molar-refractivity contribution is 5.68. The molecular formula is C14H24N4O3. The molecule has 1 aromatic rings. The summed E-state index contributed by atoms with van der Waals surface area (Å²) in [6.45, 7) is 9.73. The number of aryl methyl sites for hydroxylation is 1. The Hall–Kier alpha value is -1.89. The average molecular weight is 296 g/mol. The van der Waals surface area contributed by atoms with E-state index in [1.54, 1.807) is 13.0 Å². The molecule has 7 nitrogen and oxygen atoms in total. The lowest BCUT2D eigenvalue weighted by atomic mass is 10.1. The van der Waals surface area contributed by atoms with Gasteiger partial charge in [-0.15, -0.1) is 0 Å². The Labute approximate surface area is 125 Å². The first-order valence-corrected chi connectivity index (χ1v) is 6.82. The van der Waals surface area contributed by atoms with E-state index < -0.39 is 6.09 Å². The molecule has 0 bridgehead atoms. The third-order valence-electron chi connectivity index (χ3n) is 2.29. The first kappa shape index (κ1) is 17.2. The van der Waals surface area contributed by atoms with Crippen molar-refractivity contribution in [2.24, 2.45) is 0 Å². The fourth-order valence-electron chi connectivity index (χ4n) is 1.59. The van der Waals surface area contributed by atoms with Crippen molar-refractivity contribution in [3.05, 3.63) is 17.6 Å². The minimum Gasteiger partial charge on any atom is -0.444 e. The predicted molar refractivity (Wildman–Crippen MR) is 79.7 cm³/mol. The highest BCUT2D eigenvalue weighted by Crippen LogP contribution is 2.04. The number of aromatic nitrogens is 2. The Balaban J connectivity index is 2.33. The third kappa shape index (κ3) is 7.45. The van der Waals surface area contributed by atoms with Crippen molar-refractivity contribution in [2.75, 3.05) is 12.3 Å². The number of hydrogen-bond acceptors (Lipinski definition) is 6. The van der Waals surface area contributed by atoms with Gasteiger partial charge in [0.25, 0.3) is 0 Å². The van der Waals surface area contributed by atoms with Crippen molar-refractivity contribution in [1.29, 1.82) is 0 Å². The zero-order chi connectivity index (χ0) is 16.0. The summed E-state index contributed by atoms with van der Waals surface area (Å²) in [5, 5.41) is 2.72. The van der Waals surface area contributed by atoms with Crippen LogP contribution in [0.4, 0.5) is 10.6 Å². The average Bonchev–Trinajstić information content (AvgIpc) is 2.24. The summed E-state index contributed by atoms with van der Waals surface area (Å²) in [4.78, 5) is 19.8. The molecule has 3 N–H and O–H groups in total. The molecule has 7 heteroatoms. The maximum Gasteiger partial charge on any atom is 0.407 e.